The lowest BCUT2D eigenvalue weighted by atomic mass is 10.1. The average Bonchev–Trinajstić information content (AvgIpc) is 3.35. The smallest absolute Gasteiger partial charge is 0.325 e. The van der Waals surface area contributed by atoms with Crippen molar-refractivity contribution in [1.82, 2.24) is 14.5 Å². The number of unbranched alkanes of at least 4 members (excludes halogenated alkanes) is 1. The topological polar surface area (TPSA) is 65.2 Å². The van der Waals surface area contributed by atoms with E-state index in [0.717, 1.165) is 47.3 Å². The summed E-state index contributed by atoms with van der Waals surface area (Å²) >= 11 is 13.1. The molecule has 0 N–H and O–H groups in total. The number of amides is 2. The molecule has 1 aliphatic heterocycles. The molecule has 6 nitrogen and oxygen atoms in total. The van der Waals surface area contributed by atoms with Crippen molar-refractivity contribution in [1.29, 1.82) is 5.26 Å². The van der Waals surface area contributed by atoms with Crippen LogP contribution < -0.4 is 4.90 Å². The number of anilines is 1. The third-order valence-corrected chi connectivity index (χ3v) is 7.40. The van der Waals surface area contributed by atoms with Crippen LogP contribution in [0.4, 0.5) is 10.5 Å². The van der Waals surface area contributed by atoms with Crippen LogP contribution in [0.25, 0.3) is 0 Å². The number of rotatable bonds is 8. The second-order valence-electron chi connectivity index (χ2n) is 9.07. The summed E-state index contributed by atoms with van der Waals surface area (Å²) in [6.07, 6.45) is 4.70. The predicted molar refractivity (Wildman–Crippen MR) is 147 cm³/mol. The highest BCUT2D eigenvalue weighted by Gasteiger charge is 2.39. The molecule has 0 bridgehead atoms. The fraction of sp³-hybridized carbons (Fsp3) is 0.370. The van der Waals surface area contributed by atoms with Crippen molar-refractivity contribution in [2.45, 2.75) is 59.2 Å². The zero-order valence-electron chi connectivity index (χ0n) is 20.7. The minimum absolute atomic E-state index is 0. The Morgan fingerprint density at radius 3 is 2.50 bits per heavy atom. The van der Waals surface area contributed by atoms with Crippen LogP contribution in [0.2, 0.25) is 10.2 Å². The Kier molecular flexibility index (Phi) is 9.30. The lowest BCUT2D eigenvalue weighted by molar-refractivity contribution is 0.197. The van der Waals surface area contributed by atoms with Gasteiger partial charge in [-0.3, -0.25) is 4.90 Å². The number of carbonyl (C=O) groups is 1. The minimum Gasteiger partial charge on any atom is -0.327 e. The van der Waals surface area contributed by atoms with Gasteiger partial charge in [-0.25, -0.2) is 9.78 Å². The van der Waals surface area contributed by atoms with Crippen LogP contribution in [0, 0.1) is 25.2 Å². The summed E-state index contributed by atoms with van der Waals surface area (Å²) in [4.78, 5) is 21.8. The molecule has 3 aromatic rings. The molecule has 1 aromatic heterocycles. The van der Waals surface area contributed by atoms with Gasteiger partial charge in [0.1, 0.15) is 0 Å². The summed E-state index contributed by atoms with van der Waals surface area (Å²) in [5, 5.41) is 10.0. The highest BCUT2D eigenvalue weighted by molar-refractivity contribution is 6.34. The van der Waals surface area contributed by atoms with Gasteiger partial charge in [-0.05, 0) is 55.2 Å². The van der Waals surface area contributed by atoms with Crippen LogP contribution in [-0.4, -0.2) is 33.1 Å². The first-order chi connectivity index (χ1) is 16.8. The van der Waals surface area contributed by atoms with Gasteiger partial charge in [-0.15, -0.1) is 12.4 Å². The monoisotopic (exact) mass is 545 g/mol. The molecule has 0 unspecified atom stereocenters. The number of hydrogen-bond acceptors (Lipinski definition) is 3. The fourth-order valence-electron chi connectivity index (χ4n) is 4.59. The molecule has 2 heterocycles. The number of urea groups is 1. The van der Waals surface area contributed by atoms with Crippen molar-refractivity contribution >= 4 is 47.3 Å². The fourth-order valence-corrected chi connectivity index (χ4v) is 5.11. The number of imidazole rings is 1. The van der Waals surface area contributed by atoms with Crippen LogP contribution in [-0.2, 0) is 13.1 Å². The molecule has 4 rings (SSSR count). The van der Waals surface area contributed by atoms with Gasteiger partial charge in [0.25, 0.3) is 0 Å². The molecule has 0 spiro atoms. The third kappa shape index (κ3) is 5.64. The van der Waals surface area contributed by atoms with Gasteiger partial charge in [0.05, 0.1) is 47.0 Å². The lowest BCUT2D eigenvalue weighted by Crippen LogP contribution is -2.35. The maximum absolute atomic E-state index is 13.8. The molecule has 1 atom stereocenters. The summed E-state index contributed by atoms with van der Waals surface area (Å²) in [5.41, 5.74) is 5.34. The Bertz CT molecular complexity index is 1270. The van der Waals surface area contributed by atoms with Crippen molar-refractivity contribution in [3.05, 3.63) is 80.8 Å². The Labute approximate surface area is 228 Å². The van der Waals surface area contributed by atoms with E-state index in [0.29, 0.717) is 35.4 Å². The molecular weight excluding hydrogens is 517 g/mol. The van der Waals surface area contributed by atoms with Crippen molar-refractivity contribution in [2.24, 2.45) is 0 Å². The predicted octanol–water partition coefficient (Wildman–Crippen LogP) is 7.15. The second-order valence-corrected chi connectivity index (χ2v) is 9.84. The van der Waals surface area contributed by atoms with E-state index >= 15 is 0 Å². The molecule has 9 heteroatoms. The molecule has 36 heavy (non-hydrogen) atoms. The van der Waals surface area contributed by atoms with Gasteiger partial charge >= 0.3 is 6.03 Å². The van der Waals surface area contributed by atoms with Crippen LogP contribution in [0.1, 0.15) is 54.1 Å². The van der Waals surface area contributed by atoms with E-state index in [1.54, 1.807) is 18.5 Å². The first kappa shape index (κ1) is 27.9. The molecule has 190 valence electrons. The zero-order chi connectivity index (χ0) is 25.1. The standard InChI is InChI=1S/C27H29Cl2N5O.ClH/c1-4-5-6-22-15-34(25-19(3)18(2)7-12-23(25)28)27(35)33(22)16-24-26(29)31-17-32(24)14-21-10-8-20(13-30)9-11-21;/h7-12,17,22H,4-6,14-16H2,1-3H3;1H/t22-;/m0./s1. The summed E-state index contributed by atoms with van der Waals surface area (Å²) in [7, 11) is 0. The number of nitrogens with zero attached hydrogens (tertiary/aromatic N) is 5. The van der Waals surface area contributed by atoms with E-state index in [1.165, 1.54) is 0 Å². The van der Waals surface area contributed by atoms with E-state index in [-0.39, 0.29) is 24.5 Å². The van der Waals surface area contributed by atoms with Gasteiger partial charge in [0.2, 0.25) is 0 Å². The van der Waals surface area contributed by atoms with Crippen molar-refractivity contribution < 1.29 is 4.79 Å². The number of nitriles is 1. The van der Waals surface area contributed by atoms with Crippen molar-refractivity contribution in [3.63, 3.8) is 0 Å². The van der Waals surface area contributed by atoms with Crippen LogP contribution in [0.5, 0.6) is 0 Å². The number of halogens is 3. The third-order valence-electron chi connectivity index (χ3n) is 6.78. The van der Waals surface area contributed by atoms with E-state index in [1.807, 2.05) is 52.5 Å². The SMILES string of the molecule is CCCC[C@H]1CN(c2c(Cl)ccc(C)c2C)C(=O)N1Cc1c(Cl)ncn1Cc1ccc(C#N)cc1.Cl. The quantitative estimate of drug-likeness (QED) is 0.301. The number of aryl methyl sites for hydroxylation is 1. The van der Waals surface area contributed by atoms with Crippen LogP contribution in [0.3, 0.4) is 0 Å². The average molecular weight is 547 g/mol. The Balaban J connectivity index is 0.00000361. The van der Waals surface area contributed by atoms with Gasteiger partial charge in [-0.2, -0.15) is 5.26 Å². The van der Waals surface area contributed by atoms with E-state index in [9.17, 15) is 4.79 Å². The second kappa shape index (κ2) is 12.0. The maximum Gasteiger partial charge on any atom is 0.325 e. The first-order valence-corrected chi connectivity index (χ1v) is 12.6. The normalized spacial score (nSPS) is 15.2. The Hall–Kier alpha value is -2.72. The molecule has 2 amide bonds. The molecule has 0 saturated carbocycles. The van der Waals surface area contributed by atoms with Crippen LogP contribution >= 0.6 is 35.6 Å². The molecule has 1 fully saturated rings. The minimum atomic E-state index is -0.0658. The molecule has 0 aliphatic carbocycles. The summed E-state index contributed by atoms with van der Waals surface area (Å²) in [6, 6.07) is 13.4. The van der Waals surface area contributed by atoms with Gasteiger partial charge in [-0.1, -0.05) is 61.2 Å². The Morgan fingerprint density at radius 1 is 1.11 bits per heavy atom. The Morgan fingerprint density at radius 2 is 1.83 bits per heavy atom. The van der Waals surface area contributed by atoms with E-state index in [4.69, 9.17) is 28.5 Å². The van der Waals surface area contributed by atoms with E-state index in [2.05, 4.69) is 18.0 Å². The van der Waals surface area contributed by atoms with Crippen molar-refractivity contribution in [2.75, 3.05) is 11.4 Å². The summed E-state index contributed by atoms with van der Waals surface area (Å²) in [6.45, 7) is 7.70. The molecule has 0 radical (unpaired) electrons. The number of aromatic nitrogens is 2. The van der Waals surface area contributed by atoms with Crippen molar-refractivity contribution in [3.8, 4) is 6.07 Å². The zero-order valence-corrected chi connectivity index (χ0v) is 23.0. The highest BCUT2D eigenvalue weighted by atomic mass is 35.5. The highest BCUT2D eigenvalue weighted by Crippen LogP contribution is 2.37. The first-order valence-electron chi connectivity index (χ1n) is 11.9. The van der Waals surface area contributed by atoms with Gasteiger partial charge < -0.3 is 9.47 Å². The maximum atomic E-state index is 13.8. The molecule has 2 aromatic carbocycles. The number of carbonyl (C=O) groups excluding carboxylic acids is 1. The van der Waals surface area contributed by atoms with Gasteiger partial charge in [0.15, 0.2) is 5.15 Å². The summed E-state index contributed by atoms with van der Waals surface area (Å²) in [5.74, 6) is 0. The molecule has 1 saturated heterocycles. The number of hydrogen-bond donors (Lipinski definition) is 0. The van der Waals surface area contributed by atoms with E-state index < -0.39 is 0 Å². The number of benzene rings is 2. The lowest BCUT2D eigenvalue weighted by Gasteiger charge is -2.24. The largest absolute Gasteiger partial charge is 0.327 e. The molecule has 1 aliphatic rings. The van der Waals surface area contributed by atoms with Gasteiger partial charge in [0, 0.05) is 13.1 Å². The van der Waals surface area contributed by atoms with Crippen LogP contribution in [0.15, 0.2) is 42.7 Å². The molecular formula is C27H30Cl3N5O. The summed E-state index contributed by atoms with van der Waals surface area (Å²) < 4.78 is 1.97.